The van der Waals surface area contributed by atoms with Gasteiger partial charge in [-0.2, -0.15) is 0 Å². The van der Waals surface area contributed by atoms with Gasteiger partial charge in [-0.3, -0.25) is 9.69 Å². The molecule has 1 aliphatic heterocycles. The molecule has 0 unspecified atom stereocenters. The summed E-state index contributed by atoms with van der Waals surface area (Å²) in [4.78, 5) is 27.1. The van der Waals surface area contributed by atoms with Crippen LogP contribution < -0.4 is 0 Å². The highest BCUT2D eigenvalue weighted by atomic mass is 16.4. The average Bonchev–Trinajstić information content (AvgIpc) is 2.54. The van der Waals surface area contributed by atoms with E-state index in [0.29, 0.717) is 18.0 Å². The maximum atomic E-state index is 12.3. The van der Waals surface area contributed by atoms with Crippen molar-refractivity contribution >= 4 is 11.9 Å². The SMILES string of the molecule is CCN(C)CC(=O)N1CCC[C@@H](c2ccc(C(=O)O)cc2)C1. The minimum absolute atomic E-state index is 0.177. The Hall–Kier alpha value is -1.88. The number of likely N-dealkylation sites (tertiary alicyclic amines) is 1. The van der Waals surface area contributed by atoms with Gasteiger partial charge in [0, 0.05) is 19.0 Å². The van der Waals surface area contributed by atoms with E-state index in [0.717, 1.165) is 38.0 Å². The van der Waals surface area contributed by atoms with Gasteiger partial charge < -0.3 is 10.0 Å². The van der Waals surface area contributed by atoms with Crippen LogP contribution in [0.4, 0.5) is 0 Å². The molecule has 120 valence electrons. The molecule has 1 atom stereocenters. The lowest BCUT2D eigenvalue weighted by Crippen LogP contribution is -2.43. The number of carboxylic acid groups (broad SMARTS) is 1. The molecule has 22 heavy (non-hydrogen) atoms. The van der Waals surface area contributed by atoms with Crippen molar-refractivity contribution in [2.75, 3.05) is 33.2 Å². The first kappa shape index (κ1) is 16.5. The minimum Gasteiger partial charge on any atom is -0.478 e. The maximum absolute atomic E-state index is 12.3. The second-order valence-electron chi connectivity index (χ2n) is 5.94. The summed E-state index contributed by atoms with van der Waals surface area (Å²) in [7, 11) is 1.95. The minimum atomic E-state index is -0.908. The molecule has 0 bridgehead atoms. The summed E-state index contributed by atoms with van der Waals surface area (Å²) >= 11 is 0. The normalized spacial score (nSPS) is 18.5. The maximum Gasteiger partial charge on any atom is 0.335 e. The van der Waals surface area contributed by atoms with E-state index in [-0.39, 0.29) is 5.91 Å². The molecule has 1 saturated heterocycles. The number of aromatic carboxylic acids is 1. The van der Waals surface area contributed by atoms with Gasteiger partial charge >= 0.3 is 5.97 Å². The van der Waals surface area contributed by atoms with Crippen molar-refractivity contribution in [2.24, 2.45) is 0 Å². The second-order valence-corrected chi connectivity index (χ2v) is 5.94. The Morgan fingerprint density at radius 1 is 1.32 bits per heavy atom. The molecule has 1 aliphatic rings. The van der Waals surface area contributed by atoms with Crippen LogP contribution in [0, 0.1) is 0 Å². The van der Waals surface area contributed by atoms with Gasteiger partial charge in [0.25, 0.3) is 0 Å². The van der Waals surface area contributed by atoms with E-state index in [1.165, 1.54) is 0 Å². The Bertz CT molecular complexity index is 527. The van der Waals surface area contributed by atoms with Crippen LogP contribution in [0.2, 0.25) is 0 Å². The summed E-state index contributed by atoms with van der Waals surface area (Å²) in [6.45, 7) is 4.90. The molecule has 2 rings (SSSR count). The van der Waals surface area contributed by atoms with Gasteiger partial charge in [0.15, 0.2) is 0 Å². The number of carbonyl (C=O) groups is 2. The number of hydrogen-bond acceptors (Lipinski definition) is 3. The average molecular weight is 304 g/mol. The van der Waals surface area contributed by atoms with Crippen molar-refractivity contribution in [2.45, 2.75) is 25.7 Å². The summed E-state index contributed by atoms with van der Waals surface area (Å²) < 4.78 is 0. The molecule has 0 spiro atoms. The molecular formula is C17H24N2O3. The van der Waals surface area contributed by atoms with E-state index < -0.39 is 5.97 Å². The number of likely N-dealkylation sites (N-methyl/N-ethyl adjacent to an activating group) is 1. The first-order valence-electron chi connectivity index (χ1n) is 7.80. The van der Waals surface area contributed by atoms with E-state index in [2.05, 4.69) is 0 Å². The lowest BCUT2D eigenvalue weighted by Gasteiger charge is -2.34. The molecule has 1 aromatic carbocycles. The Morgan fingerprint density at radius 3 is 2.59 bits per heavy atom. The topological polar surface area (TPSA) is 60.9 Å². The van der Waals surface area contributed by atoms with Crippen LogP contribution in [-0.2, 0) is 4.79 Å². The zero-order valence-corrected chi connectivity index (χ0v) is 13.3. The molecule has 5 heteroatoms. The van der Waals surface area contributed by atoms with Gasteiger partial charge in [0.2, 0.25) is 5.91 Å². The number of carbonyl (C=O) groups excluding carboxylic acids is 1. The zero-order valence-electron chi connectivity index (χ0n) is 13.3. The van der Waals surface area contributed by atoms with Gasteiger partial charge in [-0.15, -0.1) is 0 Å². The van der Waals surface area contributed by atoms with Crippen LogP contribution in [0.1, 0.15) is 41.6 Å². The fraction of sp³-hybridized carbons (Fsp3) is 0.529. The number of amides is 1. The summed E-state index contributed by atoms with van der Waals surface area (Å²) in [5.74, 6) is -0.432. The van der Waals surface area contributed by atoms with Gasteiger partial charge in [0.05, 0.1) is 12.1 Å². The highest BCUT2D eigenvalue weighted by molar-refractivity contribution is 5.87. The van der Waals surface area contributed by atoms with Gasteiger partial charge in [-0.25, -0.2) is 4.79 Å². The molecule has 1 amide bonds. The first-order chi connectivity index (χ1) is 10.5. The Balaban J connectivity index is 2.00. The van der Waals surface area contributed by atoms with E-state index >= 15 is 0 Å². The summed E-state index contributed by atoms with van der Waals surface area (Å²) in [6, 6.07) is 7.03. The van der Waals surface area contributed by atoms with Crippen LogP contribution in [0.25, 0.3) is 0 Å². The molecule has 1 aromatic rings. The summed E-state index contributed by atoms with van der Waals surface area (Å²) in [5, 5.41) is 8.95. The monoisotopic (exact) mass is 304 g/mol. The molecule has 5 nitrogen and oxygen atoms in total. The Kier molecular flexibility index (Phi) is 5.55. The highest BCUT2D eigenvalue weighted by Crippen LogP contribution is 2.27. The molecule has 0 radical (unpaired) electrons. The first-order valence-corrected chi connectivity index (χ1v) is 7.80. The molecular weight excluding hydrogens is 280 g/mol. The van der Waals surface area contributed by atoms with E-state index in [9.17, 15) is 9.59 Å². The molecule has 0 aliphatic carbocycles. The summed E-state index contributed by atoms with van der Waals surface area (Å²) in [5.41, 5.74) is 1.42. The van der Waals surface area contributed by atoms with Crippen molar-refractivity contribution in [3.05, 3.63) is 35.4 Å². The van der Waals surface area contributed by atoms with Gasteiger partial charge in [0.1, 0.15) is 0 Å². The van der Waals surface area contributed by atoms with E-state index in [1.54, 1.807) is 12.1 Å². The number of benzene rings is 1. The fourth-order valence-corrected chi connectivity index (χ4v) is 2.82. The number of hydrogen-bond donors (Lipinski definition) is 1. The zero-order chi connectivity index (χ0) is 16.1. The molecule has 0 aromatic heterocycles. The lowest BCUT2D eigenvalue weighted by atomic mass is 9.90. The van der Waals surface area contributed by atoms with Crippen molar-refractivity contribution in [3.63, 3.8) is 0 Å². The van der Waals surface area contributed by atoms with Crippen LogP contribution >= 0.6 is 0 Å². The van der Waals surface area contributed by atoms with Crippen molar-refractivity contribution in [1.29, 1.82) is 0 Å². The van der Waals surface area contributed by atoms with Crippen LogP contribution in [0.3, 0.4) is 0 Å². The smallest absolute Gasteiger partial charge is 0.335 e. The predicted molar refractivity (Wildman–Crippen MR) is 85.1 cm³/mol. The van der Waals surface area contributed by atoms with Gasteiger partial charge in [-0.1, -0.05) is 19.1 Å². The Labute approximate surface area is 131 Å². The highest BCUT2D eigenvalue weighted by Gasteiger charge is 2.25. The molecule has 0 saturated carbocycles. The predicted octanol–water partition coefficient (Wildman–Crippen LogP) is 2.04. The van der Waals surface area contributed by atoms with Crippen LogP contribution in [0.15, 0.2) is 24.3 Å². The van der Waals surface area contributed by atoms with Crippen molar-refractivity contribution in [1.82, 2.24) is 9.80 Å². The molecule has 1 heterocycles. The summed E-state index contributed by atoms with van der Waals surface area (Å²) in [6.07, 6.45) is 2.03. The number of carboxylic acids is 1. The van der Waals surface area contributed by atoms with Gasteiger partial charge in [-0.05, 0) is 44.1 Å². The number of nitrogens with zero attached hydrogens (tertiary/aromatic N) is 2. The van der Waals surface area contributed by atoms with Crippen molar-refractivity contribution in [3.8, 4) is 0 Å². The number of piperidine rings is 1. The largest absolute Gasteiger partial charge is 0.478 e. The van der Waals surface area contributed by atoms with E-state index in [4.69, 9.17) is 5.11 Å². The standard InChI is InChI=1S/C17H24N2O3/c1-3-18(2)12-16(20)19-10-4-5-15(11-19)13-6-8-14(9-7-13)17(21)22/h6-9,15H,3-5,10-12H2,1-2H3,(H,21,22)/t15-/m1/s1. The molecule has 1 fully saturated rings. The Morgan fingerprint density at radius 2 is 2.00 bits per heavy atom. The third-order valence-corrected chi connectivity index (χ3v) is 4.35. The second kappa shape index (κ2) is 7.40. The number of rotatable bonds is 5. The van der Waals surface area contributed by atoms with Crippen LogP contribution in [-0.4, -0.2) is 60.0 Å². The van der Waals surface area contributed by atoms with Crippen LogP contribution in [0.5, 0.6) is 0 Å². The fourth-order valence-electron chi connectivity index (χ4n) is 2.82. The third kappa shape index (κ3) is 4.07. The molecule has 1 N–H and O–H groups in total. The third-order valence-electron chi connectivity index (χ3n) is 4.35. The lowest BCUT2D eigenvalue weighted by molar-refractivity contribution is -0.133. The quantitative estimate of drug-likeness (QED) is 0.904. The van der Waals surface area contributed by atoms with E-state index in [1.807, 2.05) is 35.9 Å². The van der Waals surface area contributed by atoms with Crippen molar-refractivity contribution < 1.29 is 14.7 Å².